The molecule has 3 N–H and O–H groups in total. The van der Waals surface area contributed by atoms with Gasteiger partial charge in [0.15, 0.2) is 5.60 Å². The molecule has 0 aliphatic carbocycles. The lowest BCUT2D eigenvalue weighted by Crippen LogP contribution is -2.49. The highest BCUT2D eigenvalue weighted by Gasteiger charge is 2.55. The predicted molar refractivity (Wildman–Crippen MR) is 77.0 cm³/mol. The lowest BCUT2D eigenvalue weighted by atomic mass is 9.72. The van der Waals surface area contributed by atoms with Crippen LogP contribution in [0.2, 0.25) is 0 Å². The fourth-order valence-corrected chi connectivity index (χ4v) is 2.57. The molecule has 0 fully saturated rings. The Morgan fingerprint density at radius 2 is 1.91 bits per heavy atom. The summed E-state index contributed by atoms with van der Waals surface area (Å²) in [6.07, 6.45) is -1.77. The summed E-state index contributed by atoms with van der Waals surface area (Å²) < 4.78 is 52.8. The van der Waals surface area contributed by atoms with E-state index < -0.39 is 41.8 Å². The third-order valence-corrected chi connectivity index (χ3v) is 3.63. The van der Waals surface area contributed by atoms with Crippen LogP contribution in [0, 0.1) is 18.2 Å². The van der Waals surface area contributed by atoms with E-state index in [1.165, 1.54) is 19.9 Å². The van der Waals surface area contributed by atoms with Crippen LogP contribution in [-0.4, -0.2) is 22.8 Å². The van der Waals surface area contributed by atoms with Crippen LogP contribution in [0.5, 0.6) is 0 Å². The zero-order valence-electron chi connectivity index (χ0n) is 12.7. The number of halogens is 4. The van der Waals surface area contributed by atoms with E-state index in [-0.39, 0.29) is 11.1 Å². The van der Waals surface area contributed by atoms with Gasteiger partial charge in [-0.15, -0.1) is 12.3 Å². The Morgan fingerprint density at radius 3 is 2.35 bits per heavy atom. The molecule has 1 rings (SSSR count). The molecular weight excluding hydrogens is 314 g/mol. The Morgan fingerprint density at radius 1 is 1.35 bits per heavy atom. The summed E-state index contributed by atoms with van der Waals surface area (Å²) in [5.41, 5.74) is 0.568. The summed E-state index contributed by atoms with van der Waals surface area (Å²) in [7, 11) is 0. The Balaban J connectivity index is 3.37. The second kappa shape index (κ2) is 6.20. The van der Waals surface area contributed by atoms with Gasteiger partial charge in [-0.3, -0.25) is 4.79 Å². The van der Waals surface area contributed by atoms with Crippen LogP contribution >= 0.6 is 0 Å². The van der Waals surface area contributed by atoms with Crippen LogP contribution in [0.3, 0.4) is 0 Å². The van der Waals surface area contributed by atoms with Crippen molar-refractivity contribution in [1.82, 2.24) is 0 Å². The van der Waals surface area contributed by atoms with Crippen molar-refractivity contribution in [3.05, 3.63) is 35.1 Å². The number of aliphatic hydroxyl groups is 1. The van der Waals surface area contributed by atoms with Crippen molar-refractivity contribution in [2.24, 2.45) is 5.73 Å². The molecule has 0 radical (unpaired) electrons. The van der Waals surface area contributed by atoms with Gasteiger partial charge in [0.05, 0.1) is 0 Å². The van der Waals surface area contributed by atoms with Gasteiger partial charge in [0.25, 0.3) is 0 Å². The third kappa shape index (κ3) is 4.02. The van der Waals surface area contributed by atoms with E-state index in [2.05, 4.69) is 0 Å². The second-order valence-electron chi connectivity index (χ2n) is 6.03. The Labute approximate surface area is 131 Å². The molecule has 0 bridgehead atoms. The maximum absolute atomic E-state index is 13.3. The molecule has 7 heteroatoms. The van der Waals surface area contributed by atoms with Gasteiger partial charge in [-0.2, -0.15) is 13.2 Å². The van der Waals surface area contributed by atoms with Crippen LogP contribution in [0.15, 0.2) is 18.2 Å². The van der Waals surface area contributed by atoms with E-state index in [0.717, 1.165) is 12.1 Å². The van der Waals surface area contributed by atoms with Gasteiger partial charge in [0, 0.05) is 12.0 Å². The average molecular weight is 331 g/mol. The van der Waals surface area contributed by atoms with E-state index in [1.807, 2.05) is 5.92 Å². The van der Waals surface area contributed by atoms with E-state index in [9.17, 15) is 27.5 Å². The SMILES string of the molecule is C#CC[C@](O)(CC(C)(C)c1ccc(F)cc1C(N)=O)C(F)(F)F. The quantitative estimate of drug-likeness (QED) is 0.644. The van der Waals surface area contributed by atoms with E-state index in [4.69, 9.17) is 12.2 Å². The molecule has 0 saturated carbocycles. The number of amides is 1. The molecule has 23 heavy (non-hydrogen) atoms. The number of hydrogen-bond donors (Lipinski definition) is 2. The third-order valence-electron chi connectivity index (χ3n) is 3.63. The average Bonchev–Trinajstić information content (AvgIpc) is 2.36. The van der Waals surface area contributed by atoms with Gasteiger partial charge < -0.3 is 10.8 Å². The summed E-state index contributed by atoms with van der Waals surface area (Å²) in [5.74, 6) is 0.0991. The van der Waals surface area contributed by atoms with Gasteiger partial charge >= 0.3 is 6.18 Å². The number of carbonyl (C=O) groups is 1. The van der Waals surface area contributed by atoms with Gasteiger partial charge in [0.1, 0.15) is 5.82 Å². The zero-order chi connectivity index (χ0) is 18.1. The first-order chi connectivity index (χ1) is 10.3. The van der Waals surface area contributed by atoms with Crippen LogP contribution in [-0.2, 0) is 5.41 Å². The van der Waals surface area contributed by atoms with Crippen molar-refractivity contribution < 1.29 is 27.5 Å². The van der Waals surface area contributed by atoms with E-state index in [0.29, 0.717) is 0 Å². The molecule has 126 valence electrons. The monoisotopic (exact) mass is 331 g/mol. The van der Waals surface area contributed by atoms with Crippen molar-refractivity contribution in [2.75, 3.05) is 0 Å². The number of alkyl halides is 3. The normalized spacial score (nSPS) is 14.9. The summed E-state index contributed by atoms with van der Waals surface area (Å²) >= 11 is 0. The number of primary amides is 1. The number of carbonyl (C=O) groups excluding carboxylic acids is 1. The minimum atomic E-state index is -4.95. The molecular formula is C16H17F4NO2. The second-order valence-corrected chi connectivity index (χ2v) is 6.03. The largest absolute Gasteiger partial charge is 0.418 e. The molecule has 0 aliphatic heterocycles. The summed E-state index contributed by atoms with van der Waals surface area (Å²) in [4.78, 5) is 11.4. The molecule has 0 spiro atoms. The minimum Gasteiger partial charge on any atom is -0.380 e. The van der Waals surface area contributed by atoms with E-state index >= 15 is 0 Å². The van der Waals surface area contributed by atoms with Crippen molar-refractivity contribution in [3.63, 3.8) is 0 Å². The molecule has 0 saturated heterocycles. The summed E-state index contributed by atoms with van der Waals surface area (Å²) in [5, 5.41) is 9.97. The van der Waals surface area contributed by atoms with Gasteiger partial charge in [-0.05, 0) is 29.5 Å². The zero-order valence-corrected chi connectivity index (χ0v) is 12.7. The summed E-state index contributed by atoms with van der Waals surface area (Å²) in [6, 6.07) is 3.05. The number of rotatable bonds is 5. The molecule has 1 aromatic carbocycles. The highest BCUT2D eigenvalue weighted by atomic mass is 19.4. The first-order valence-electron chi connectivity index (χ1n) is 6.66. The Bertz CT molecular complexity index is 646. The first kappa shape index (κ1) is 19.0. The number of benzene rings is 1. The lowest BCUT2D eigenvalue weighted by Gasteiger charge is -2.37. The molecule has 0 aliphatic rings. The molecule has 1 atom stereocenters. The molecule has 0 aromatic heterocycles. The van der Waals surface area contributed by atoms with E-state index in [1.54, 1.807) is 0 Å². The van der Waals surface area contributed by atoms with Gasteiger partial charge in [-0.1, -0.05) is 19.9 Å². The van der Waals surface area contributed by atoms with Gasteiger partial charge in [-0.25, -0.2) is 4.39 Å². The smallest absolute Gasteiger partial charge is 0.380 e. The maximum atomic E-state index is 13.3. The Kier molecular flexibility index (Phi) is 5.12. The Hall–Kier alpha value is -2.07. The van der Waals surface area contributed by atoms with Crippen LogP contribution < -0.4 is 5.73 Å². The van der Waals surface area contributed by atoms with Crippen molar-refractivity contribution in [2.45, 2.75) is 43.9 Å². The van der Waals surface area contributed by atoms with Crippen LogP contribution in [0.4, 0.5) is 17.6 Å². The topological polar surface area (TPSA) is 63.3 Å². The van der Waals surface area contributed by atoms with Crippen LogP contribution in [0.25, 0.3) is 0 Å². The standard InChI is InChI=1S/C16H17F4NO2/c1-4-7-15(23,16(18,19)20)9-14(2,3)12-6-5-10(17)8-11(12)13(21)22/h1,5-6,8,23H,7,9H2,2-3H3,(H2,21,22)/t15-/m0/s1. The number of hydrogen-bond acceptors (Lipinski definition) is 2. The maximum Gasteiger partial charge on any atom is 0.418 e. The van der Waals surface area contributed by atoms with Crippen molar-refractivity contribution >= 4 is 5.91 Å². The molecule has 3 nitrogen and oxygen atoms in total. The fraction of sp³-hybridized carbons (Fsp3) is 0.438. The first-order valence-corrected chi connectivity index (χ1v) is 6.66. The lowest BCUT2D eigenvalue weighted by molar-refractivity contribution is -0.264. The minimum absolute atomic E-state index is 0.103. The molecule has 0 unspecified atom stereocenters. The number of nitrogens with two attached hydrogens (primary N) is 1. The van der Waals surface area contributed by atoms with Crippen LogP contribution in [0.1, 0.15) is 42.6 Å². The fourth-order valence-electron chi connectivity index (χ4n) is 2.57. The highest BCUT2D eigenvalue weighted by molar-refractivity contribution is 5.94. The van der Waals surface area contributed by atoms with Crippen molar-refractivity contribution in [1.29, 1.82) is 0 Å². The molecule has 1 aromatic rings. The highest BCUT2D eigenvalue weighted by Crippen LogP contribution is 2.43. The summed E-state index contributed by atoms with van der Waals surface area (Å²) in [6.45, 7) is 2.78. The molecule has 0 heterocycles. The predicted octanol–water partition coefficient (Wildman–Crippen LogP) is 2.91. The van der Waals surface area contributed by atoms with Crippen molar-refractivity contribution in [3.8, 4) is 12.3 Å². The number of terminal acetylenes is 1. The van der Waals surface area contributed by atoms with Gasteiger partial charge in [0.2, 0.25) is 5.91 Å². The molecule has 1 amide bonds.